The second-order valence-electron chi connectivity index (χ2n) is 4.27. The normalized spacial score (nSPS) is 10.2. The third-order valence-electron chi connectivity index (χ3n) is 2.22. The lowest BCUT2D eigenvalue weighted by atomic mass is 10.2. The van der Waals surface area contributed by atoms with Gasteiger partial charge in [-0.3, -0.25) is 9.59 Å². The minimum absolute atomic E-state index is 0.0870. The van der Waals surface area contributed by atoms with Gasteiger partial charge in [-0.1, -0.05) is 0 Å². The summed E-state index contributed by atoms with van der Waals surface area (Å²) in [5.41, 5.74) is 0.456. The molecule has 0 saturated heterocycles. The van der Waals surface area contributed by atoms with Crippen LogP contribution in [0.4, 0.5) is 0 Å². The first-order valence-corrected chi connectivity index (χ1v) is 5.85. The van der Waals surface area contributed by atoms with E-state index in [9.17, 15) is 9.59 Å². The molecular formula is C13H18N2O3. The molecule has 0 bridgehead atoms. The Kier molecular flexibility index (Phi) is 5.17. The largest absolute Gasteiger partial charge is 0.508 e. The van der Waals surface area contributed by atoms with Gasteiger partial charge in [0.05, 0.1) is 0 Å². The molecule has 5 nitrogen and oxygen atoms in total. The van der Waals surface area contributed by atoms with E-state index in [0.29, 0.717) is 5.56 Å². The summed E-state index contributed by atoms with van der Waals surface area (Å²) in [5.74, 6) is -0.230. The summed E-state index contributed by atoms with van der Waals surface area (Å²) >= 11 is 0. The van der Waals surface area contributed by atoms with Crippen molar-refractivity contribution in [1.29, 1.82) is 0 Å². The Morgan fingerprint density at radius 1 is 1.22 bits per heavy atom. The summed E-state index contributed by atoms with van der Waals surface area (Å²) in [6, 6.07) is 6.05. The third kappa shape index (κ3) is 4.86. The molecule has 0 saturated carbocycles. The molecule has 1 aromatic carbocycles. The van der Waals surface area contributed by atoms with Crippen LogP contribution in [-0.2, 0) is 4.79 Å². The van der Waals surface area contributed by atoms with E-state index in [1.165, 1.54) is 24.3 Å². The SMILES string of the molecule is CC(C)NC(=O)CCNC(=O)c1ccc(O)cc1. The third-order valence-corrected chi connectivity index (χ3v) is 2.22. The molecule has 0 atom stereocenters. The van der Waals surface area contributed by atoms with E-state index in [1.807, 2.05) is 13.8 Å². The Morgan fingerprint density at radius 2 is 1.83 bits per heavy atom. The monoisotopic (exact) mass is 250 g/mol. The van der Waals surface area contributed by atoms with E-state index in [0.717, 1.165) is 0 Å². The van der Waals surface area contributed by atoms with Gasteiger partial charge in [0.25, 0.3) is 5.91 Å². The van der Waals surface area contributed by atoms with E-state index in [4.69, 9.17) is 5.11 Å². The predicted molar refractivity (Wildman–Crippen MR) is 68.3 cm³/mol. The van der Waals surface area contributed by atoms with E-state index >= 15 is 0 Å². The highest BCUT2D eigenvalue weighted by Crippen LogP contribution is 2.09. The van der Waals surface area contributed by atoms with Gasteiger partial charge < -0.3 is 15.7 Å². The van der Waals surface area contributed by atoms with Crippen LogP contribution in [0.2, 0.25) is 0 Å². The van der Waals surface area contributed by atoms with E-state index in [2.05, 4.69) is 10.6 Å². The molecule has 3 N–H and O–H groups in total. The first kappa shape index (κ1) is 14.0. The summed E-state index contributed by atoms with van der Waals surface area (Å²) in [4.78, 5) is 23.0. The van der Waals surface area contributed by atoms with Crippen molar-refractivity contribution >= 4 is 11.8 Å². The molecule has 0 radical (unpaired) electrons. The Bertz CT molecular complexity index is 413. The Hall–Kier alpha value is -2.04. The highest BCUT2D eigenvalue weighted by Gasteiger charge is 2.07. The number of aromatic hydroxyl groups is 1. The van der Waals surface area contributed by atoms with E-state index in [1.54, 1.807) is 0 Å². The molecule has 0 aliphatic heterocycles. The van der Waals surface area contributed by atoms with Gasteiger partial charge in [0.15, 0.2) is 0 Å². The van der Waals surface area contributed by atoms with Crippen molar-refractivity contribution in [3.05, 3.63) is 29.8 Å². The molecular weight excluding hydrogens is 232 g/mol. The van der Waals surface area contributed by atoms with Crippen LogP contribution in [-0.4, -0.2) is 29.5 Å². The number of phenolic OH excluding ortho intramolecular Hbond substituents is 1. The number of amides is 2. The lowest BCUT2D eigenvalue weighted by Gasteiger charge is -2.09. The molecule has 0 heterocycles. The fourth-order valence-electron chi connectivity index (χ4n) is 1.40. The maximum absolute atomic E-state index is 11.6. The van der Waals surface area contributed by atoms with Crippen molar-refractivity contribution in [2.45, 2.75) is 26.3 Å². The molecule has 0 unspecified atom stereocenters. The number of rotatable bonds is 5. The summed E-state index contributed by atoms with van der Waals surface area (Å²) in [7, 11) is 0. The van der Waals surface area contributed by atoms with Crippen molar-refractivity contribution in [1.82, 2.24) is 10.6 Å². The smallest absolute Gasteiger partial charge is 0.251 e. The molecule has 1 aromatic rings. The highest BCUT2D eigenvalue weighted by molar-refractivity contribution is 5.94. The number of phenols is 1. The molecule has 0 aliphatic carbocycles. The number of carbonyl (C=O) groups is 2. The van der Waals surface area contributed by atoms with Gasteiger partial charge in [0.2, 0.25) is 5.91 Å². The van der Waals surface area contributed by atoms with Crippen molar-refractivity contribution in [3.63, 3.8) is 0 Å². The van der Waals surface area contributed by atoms with Crippen LogP contribution < -0.4 is 10.6 Å². The van der Waals surface area contributed by atoms with Crippen molar-refractivity contribution in [3.8, 4) is 5.75 Å². The van der Waals surface area contributed by atoms with Gasteiger partial charge in [-0.25, -0.2) is 0 Å². The van der Waals surface area contributed by atoms with Gasteiger partial charge in [-0.15, -0.1) is 0 Å². The number of carbonyl (C=O) groups excluding carboxylic acids is 2. The number of nitrogens with one attached hydrogen (secondary N) is 2. The number of benzene rings is 1. The van der Waals surface area contributed by atoms with Crippen LogP contribution in [0.1, 0.15) is 30.6 Å². The average Bonchev–Trinajstić information content (AvgIpc) is 2.28. The lowest BCUT2D eigenvalue weighted by molar-refractivity contribution is -0.121. The fraction of sp³-hybridized carbons (Fsp3) is 0.385. The molecule has 1 rings (SSSR count). The molecule has 2 amide bonds. The predicted octanol–water partition coefficient (Wildman–Crippen LogP) is 1.04. The van der Waals surface area contributed by atoms with Gasteiger partial charge in [-0.05, 0) is 38.1 Å². The lowest BCUT2D eigenvalue weighted by Crippen LogP contribution is -2.34. The van der Waals surface area contributed by atoms with E-state index in [-0.39, 0.29) is 36.6 Å². The minimum Gasteiger partial charge on any atom is -0.508 e. The van der Waals surface area contributed by atoms with Crippen molar-refractivity contribution < 1.29 is 14.7 Å². The molecule has 18 heavy (non-hydrogen) atoms. The Labute approximate surface area is 106 Å². The Morgan fingerprint density at radius 3 is 2.39 bits per heavy atom. The van der Waals surface area contributed by atoms with E-state index < -0.39 is 0 Å². The number of hydrogen-bond donors (Lipinski definition) is 3. The standard InChI is InChI=1S/C13H18N2O3/c1-9(2)15-12(17)7-8-14-13(18)10-3-5-11(16)6-4-10/h3-6,9,16H,7-8H2,1-2H3,(H,14,18)(H,15,17). The zero-order chi connectivity index (χ0) is 13.5. The summed E-state index contributed by atoms with van der Waals surface area (Å²) < 4.78 is 0. The van der Waals surface area contributed by atoms with Crippen LogP contribution in [0.5, 0.6) is 5.75 Å². The second-order valence-corrected chi connectivity index (χ2v) is 4.27. The van der Waals surface area contributed by atoms with Crippen LogP contribution in [0.15, 0.2) is 24.3 Å². The van der Waals surface area contributed by atoms with Crippen molar-refractivity contribution in [2.75, 3.05) is 6.54 Å². The highest BCUT2D eigenvalue weighted by atomic mass is 16.3. The molecule has 0 aliphatic rings. The molecule has 5 heteroatoms. The molecule has 0 fully saturated rings. The average molecular weight is 250 g/mol. The summed E-state index contributed by atoms with van der Waals surface area (Å²) in [6.07, 6.45) is 0.252. The van der Waals surface area contributed by atoms with Crippen LogP contribution >= 0.6 is 0 Å². The number of hydrogen-bond acceptors (Lipinski definition) is 3. The van der Waals surface area contributed by atoms with Crippen LogP contribution in [0.3, 0.4) is 0 Å². The first-order chi connectivity index (χ1) is 8.49. The summed E-state index contributed by atoms with van der Waals surface area (Å²) in [6.45, 7) is 4.05. The molecule has 98 valence electrons. The second kappa shape index (κ2) is 6.64. The zero-order valence-electron chi connectivity index (χ0n) is 10.6. The first-order valence-electron chi connectivity index (χ1n) is 5.85. The molecule has 0 aromatic heterocycles. The summed E-state index contributed by atoms with van der Waals surface area (Å²) in [5, 5.41) is 14.5. The topological polar surface area (TPSA) is 78.4 Å². The van der Waals surface area contributed by atoms with Gasteiger partial charge in [0, 0.05) is 24.6 Å². The maximum atomic E-state index is 11.6. The van der Waals surface area contributed by atoms with Crippen molar-refractivity contribution in [2.24, 2.45) is 0 Å². The van der Waals surface area contributed by atoms with Gasteiger partial charge in [0.1, 0.15) is 5.75 Å². The van der Waals surface area contributed by atoms with Crippen LogP contribution in [0, 0.1) is 0 Å². The zero-order valence-corrected chi connectivity index (χ0v) is 10.6. The molecule has 0 spiro atoms. The van der Waals surface area contributed by atoms with Crippen LogP contribution in [0.25, 0.3) is 0 Å². The quantitative estimate of drug-likeness (QED) is 0.730. The van der Waals surface area contributed by atoms with Gasteiger partial charge in [-0.2, -0.15) is 0 Å². The van der Waals surface area contributed by atoms with Gasteiger partial charge >= 0.3 is 0 Å². The maximum Gasteiger partial charge on any atom is 0.251 e. The Balaban J connectivity index is 2.33. The fourth-order valence-corrected chi connectivity index (χ4v) is 1.40. The minimum atomic E-state index is -0.257.